The van der Waals surface area contributed by atoms with E-state index >= 15 is 0 Å². The van der Waals surface area contributed by atoms with E-state index in [2.05, 4.69) is 5.32 Å². The van der Waals surface area contributed by atoms with Gasteiger partial charge in [0.15, 0.2) is 5.96 Å². The molecule has 0 aromatic carbocycles. The summed E-state index contributed by atoms with van der Waals surface area (Å²) in [6.45, 7) is 1.52. The summed E-state index contributed by atoms with van der Waals surface area (Å²) in [4.78, 5) is 21.4. The molecule has 1 heterocycles. The van der Waals surface area contributed by atoms with E-state index in [4.69, 9.17) is 15.6 Å². The van der Waals surface area contributed by atoms with Crippen LogP contribution in [0.2, 0.25) is 0 Å². The molecule has 0 radical (unpaired) electrons. The number of carbonyl (C=O) groups excluding carboxylic acids is 1. The van der Waals surface area contributed by atoms with Gasteiger partial charge in [0.05, 0.1) is 6.54 Å². The SMILES string of the molecule is CC(O)C(=O)O.CN1CC(=O)NC1=N. The first-order valence-corrected chi connectivity index (χ1v) is 3.85. The van der Waals surface area contributed by atoms with E-state index in [-0.39, 0.29) is 11.9 Å². The first-order valence-electron chi connectivity index (χ1n) is 3.85. The van der Waals surface area contributed by atoms with Crippen LogP contribution in [-0.4, -0.2) is 52.6 Å². The highest BCUT2D eigenvalue weighted by atomic mass is 16.4. The summed E-state index contributed by atoms with van der Waals surface area (Å²) in [6.07, 6.45) is -1.23. The molecule has 0 spiro atoms. The van der Waals surface area contributed by atoms with E-state index in [1.165, 1.54) is 6.92 Å². The van der Waals surface area contributed by atoms with E-state index < -0.39 is 12.1 Å². The molecule has 1 atom stereocenters. The van der Waals surface area contributed by atoms with E-state index in [1.54, 1.807) is 11.9 Å². The van der Waals surface area contributed by atoms with Gasteiger partial charge in [-0.05, 0) is 6.92 Å². The monoisotopic (exact) mass is 203 g/mol. The van der Waals surface area contributed by atoms with E-state index in [0.29, 0.717) is 6.54 Å². The molecule has 1 rings (SSSR count). The van der Waals surface area contributed by atoms with Crippen LogP contribution in [0.3, 0.4) is 0 Å². The topological polar surface area (TPSA) is 114 Å². The Morgan fingerprint density at radius 2 is 2.14 bits per heavy atom. The molecule has 0 aliphatic carbocycles. The highest BCUT2D eigenvalue weighted by molar-refractivity contribution is 6.02. The number of aliphatic hydroxyl groups excluding tert-OH is 1. The lowest BCUT2D eigenvalue weighted by molar-refractivity contribution is -0.145. The van der Waals surface area contributed by atoms with E-state index in [0.717, 1.165) is 0 Å². The minimum atomic E-state index is -1.23. The van der Waals surface area contributed by atoms with Gasteiger partial charge in [0, 0.05) is 7.05 Å². The summed E-state index contributed by atoms with van der Waals surface area (Å²) in [7, 11) is 1.69. The molecule has 14 heavy (non-hydrogen) atoms. The minimum Gasteiger partial charge on any atom is -0.479 e. The van der Waals surface area contributed by atoms with Crippen LogP contribution in [0, 0.1) is 5.41 Å². The number of guanidine groups is 1. The number of carbonyl (C=O) groups is 2. The van der Waals surface area contributed by atoms with Gasteiger partial charge in [-0.15, -0.1) is 0 Å². The number of nitrogens with zero attached hydrogens (tertiary/aromatic N) is 1. The molecule has 1 amide bonds. The maximum absolute atomic E-state index is 10.4. The number of carboxylic acids is 1. The van der Waals surface area contributed by atoms with Crippen molar-refractivity contribution in [3.8, 4) is 0 Å². The quantitative estimate of drug-likeness (QED) is 0.411. The first-order chi connectivity index (χ1) is 6.34. The Labute approximate surface area is 80.8 Å². The van der Waals surface area contributed by atoms with Gasteiger partial charge in [0.1, 0.15) is 6.10 Å². The fraction of sp³-hybridized carbons (Fsp3) is 0.571. The molecule has 1 fully saturated rings. The van der Waals surface area contributed by atoms with E-state index in [1.807, 2.05) is 0 Å². The molecular formula is C7H13N3O4. The third kappa shape index (κ3) is 4.41. The normalized spacial score (nSPS) is 16.9. The number of hydrogen-bond acceptors (Lipinski definition) is 4. The van der Waals surface area contributed by atoms with Crippen molar-refractivity contribution >= 4 is 17.8 Å². The Bertz CT molecular complexity index is 251. The number of likely N-dealkylation sites (N-methyl/N-ethyl adjacent to an activating group) is 1. The lowest BCUT2D eigenvalue weighted by Gasteiger charge is -2.03. The molecular weight excluding hydrogens is 190 g/mol. The standard InChI is InChI=1S/C4H7N3O.C3H6O3/c1-7-2-3(8)6-4(7)5;1-2(4)3(5)6/h2H2,1H3,(H2,5,6,8);2,4H,1H3,(H,5,6). The van der Waals surface area contributed by atoms with E-state index in [9.17, 15) is 9.59 Å². The van der Waals surface area contributed by atoms with Crippen LogP contribution < -0.4 is 5.32 Å². The number of aliphatic carboxylic acids is 1. The third-order valence-electron chi connectivity index (χ3n) is 1.38. The highest BCUT2D eigenvalue weighted by Crippen LogP contribution is 1.89. The molecule has 0 aromatic heterocycles. The zero-order chi connectivity index (χ0) is 11.3. The van der Waals surface area contributed by atoms with Crippen molar-refractivity contribution in [2.24, 2.45) is 0 Å². The molecule has 0 aromatic rings. The van der Waals surface area contributed by atoms with Gasteiger partial charge in [-0.25, -0.2) is 4.79 Å². The molecule has 1 aliphatic heterocycles. The van der Waals surface area contributed by atoms with Gasteiger partial charge in [-0.1, -0.05) is 0 Å². The number of rotatable bonds is 1. The second-order valence-electron chi connectivity index (χ2n) is 2.77. The predicted molar refractivity (Wildman–Crippen MR) is 47.8 cm³/mol. The molecule has 0 bridgehead atoms. The highest BCUT2D eigenvalue weighted by Gasteiger charge is 2.18. The van der Waals surface area contributed by atoms with Crippen LogP contribution in [0.5, 0.6) is 0 Å². The fourth-order valence-electron chi connectivity index (χ4n) is 0.561. The number of amides is 1. The minimum absolute atomic E-state index is 0.0995. The smallest absolute Gasteiger partial charge is 0.332 e. The average molecular weight is 203 g/mol. The van der Waals surface area contributed by atoms with Gasteiger partial charge in [-0.3, -0.25) is 15.5 Å². The maximum atomic E-state index is 10.4. The number of hydrogen-bond donors (Lipinski definition) is 4. The Balaban J connectivity index is 0.000000255. The van der Waals surface area contributed by atoms with Crippen molar-refractivity contribution in [1.29, 1.82) is 5.41 Å². The van der Waals surface area contributed by atoms with Crippen LogP contribution in [0.4, 0.5) is 0 Å². The lowest BCUT2D eigenvalue weighted by atomic mass is 10.4. The molecule has 1 aliphatic rings. The van der Waals surface area contributed by atoms with Gasteiger partial charge in [0.2, 0.25) is 5.91 Å². The van der Waals surface area contributed by atoms with Crippen molar-refractivity contribution in [3.63, 3.8) is 0 Å². The second kappa shape index (κ2) is 5.18. The Kier molecular flexibility index (Phi) is 4.57. The van der Waals surface area contributed by atoms with Gasteiger partial charge >= 0.3 is 5.97 Å². The zero-order valence-corrected chi connectivity index (χ0v) is 7.94. The van der Waals surface area contributed by atoms with Crippen LogP contribution in [0.25, 0.3) is 0 Å². The summed E-state index contributed by atoms with van der Waals surface area (Å²) in [5.74, 6) is -1.09. The molecule has 1 saturated heterocycles. The van der Waals surface area contributed by atoms with Crippen LogP contribution in [-0.2, 0) is 9.59 Å². The summed E-state index contributed by atoms with van der Waals surface area (Å²) < 4.78 is 0. The summed E-state index contributed by atoms with van der Waals surface area (Å²) in [6, 6.07) is 0. The van der Waals surface area contributed by atoms with Crippen molar-refractivity contribution in [1.82, 2.24) is 10.2 Å². The molecule has 1 unspecified atom stereocenters. The molecule has 4 N–H and O–H groups in total. The van der Waals surface area contributed by atoms with Crippen molar-refractivity contribution in [3.05, 3.63) is 0 Å². The van der Waals surface area contributed by atoms with Crippen molar-refractivity contribution in [2.75, 3.05) is 13.6 Å². The van der Waals surface area contributed by atoms with Crippen LogP contribution in [0.1, 0.15) is 6.92 Å². The van der Waals surface area contributed by atoms with Crippen LogP contribution in [0.15, 0.2) is 0 Å². The molecule has 80 valence electrons. The second-order valence-corrected chi connectivity index (χ2v) is 2.77. The van der Waals surface area contributed by atoms with Gasteiger partial charge in [-0.2, -0.15) is 0 Å². The van der Waals surface area contributed by atoms with Gasteiger partial charge in [0.25, 0.3) is 0 Å². The Hall–Kier alpha value is -1.63. The predicted octanol–water partition coefficient (Wildman–Crippen LogP) is -1.57. The number of aliphatic hydroxyl groups is 1. The molecule has 7 nitrogen and oxygen atoms in total. The summed E-state index contributed by atoms with van der Waals surface area (Å²) >= 11 is 0. The Morgan fingerprint density at radius 1 is 1.71 bits per heavy atom. The lowest BCUT2D eigenvalue weighted by Crippen LogP contribution is -2.25. The van der Waals surface area contributed by atoms with Crippen LogP contribution >= 0.6 is 0 Å². The zero-order valence-electron chi connectivity index (χ0n) is 7.94. The first kappa shape index (κ1) is 12.4. The maximum Gasteiger partial charge on any atom is 0.332 e. The largest absolute Gasteiger partial charge is 0.479 e. The number of nitrogens with one attached hydrogen (secondary N) is 2. The van der Waals surface area contributed by atoms with Crippen molar-refractivity contribution < 1.29 is 19.8 Å². The average Bonchev–Trinajstić information content (AvgIpc) is 2.30. The van der Waals surface area contributed by atoms with Crippen molar-refractivity contribution in [2.45, 2.75) is 13.0 Å². The fourth-order valence-corrected chi connectivity index (χ4v) is 0.561. The van der Waals surface area contributed by atoms with Gasteiger partial charge < -0.3 is 15.1 Å². The third-order valence-corrected chi connectivity index (χ3v) is 1.38. The molecule has 7 heteroatoms. The number of carboxylic acid groups (broad SMARTS) is 1. The molecule has 0 saturated carbocycles. The Morgan fingerprint density at radius 3 is 2.21 bits per heavy atom. The summed E-state index contributed by atoms with van der Waals surface area (Å²) in [5.41, 5.74) is 0. The summed E-state index contributed by atoms with van der Waals surface area (Å²) in [5, 5.41) is 25.1.